The van der Waals surface area contributed by atoms with Gasteiger partial charge >= 0.3 is 12.0 Å². The number of urea groups is 1. The summed E-state index contributed by atoms with van der Waals surface area (Å²) in [4.78, 5) is 28.2. The van der Waals surface area contributed by atoms with Gasteiger partial charge in [0.15, 0.2) is 0 Å². The molecule has 1 aliphatic carbocycles. The number of anilines is 1. The molecule has 6 nitrogen and oxygen atoms in total. The molecule has 1 aliphatic rings. The number of aromatic nitrogens is 1. The molecular formula is C13H17N3O3. The molecule has 0 saturated heterocycles. The third-order valence-electron chi connectivity index (χ3n) is 2.95. The van der Waals surface area contributed by atoms with Crippen molar-refractivity contribution in [1.82, 2.24) is 9.88 Å². The van der Waals surface area contributed by atoms with Crippen molar-refractivity contribution >= 4 is 17.7 Å². The molecule has 1 aromatic heterocycles. The summed E-state index contributed by atoms with van der Waals surface area (Å²) in [6.07, 6.45) is 3.69. The Labute approximate surface area is 111 Å². The molecule has 1 aromatic rings. The minimum absolute atomic E-state index is 0.276. The highest BCUT2D eigenvalue weighted by Gasteiger charge is 2.27. The number of pyridine rings is 1. The normalized spacial score (nSPS) is 13.9. The number of hydrogen-bond acceptors (Lipinski definition) is 3. The fourth-order valence-electron chi connectivity index (χ4n) is 1.74. The van der Waals surface area contributed by atoms with Gasteiger partial charge in [-0.15, -0.1) is 0 Å². The van der Waals surface area contributed by atoms with Gasteiger partial charge in [0.1, 0.15) is 6.54 Å². The number of amides is 2. The van der Waals surface area contributed by atoms with E-state index in [4.69, 9.17) is 5.11 Å². The van der Waals surface area contributed by atoms with Crippen molar-refractivity contribution in [3.05, 3.63) is 24.0 Å². The second-order valence-corrected chi connectivity index (χ2v) is 4.84. The van der Waals surface area contributed by atoms with Crippen LogP contribution in [0.15, 0.2) is 18.3 Å². The summed E-state index contributed by atoms with van der Waals surface area (Å²) in [5.41, 5.74) is 1.43. The minimum atomic E-state index is -1.00. The second-order valence-electron chi connectivity index (χ2n) is 4.84. The molecule has 6 heteroatoms. The molecule has 2 rings (SSSR count). The number of aryl methyl sites for hydroxylation is 1. The van der Waals surface area contributed by atoms with Gasteiger partial charge in [0.25, 0.3) is 0 Å². The molecule has 0 radical (unpaired) electrons. The molecule has 2 amide bonds. The van der Waals surface area contributed by atoms with Crippen LogP contribution in [-0.4, -0.2) is 40.1 Å². The van der Waals surface area contributed by atoms with Crippen LogP contribution in [0.4, 0.5) is 10.5 Å². The highest BCUT2D eigenvalue weighted by molar-refractivity contribution is 5.91. The number of nitrogens with zero attached hydrogens (tertiary/aromatic N) is 2. The maximum absolute atomic E-state index is 12.0. The zero-order valence-corrected chi connectivity index (χ0v) is 10.8. The maximum Gasteiger partial charge on any atom is 0.323 e. The van der Waals surface area contributed by atoms with Crippen LogP contribution in [-0.2, 0) is 4.79 Å². The molecule has 0 atom stereocenters. The van der Waals surface area contributed by atoms with Crippen molar-refractivity contribution in [2.24, 2.45) is 5.92 Å². The molecular weight excluding hydrogens is 246 g/mol. The Kier molecular flexibility index (Phi) is 3.99. The first-order valence-electron chi connectivity index (χ1n) is 6.25. The minimum Gasteiger partial charge on any atom is -0.480 e. The fraction of sp³-hybridized carbons (Fsp3) is 0.462. The van der Waals surface area contributed by atoms with Gasteiger partial charge in [-0.25, -0.2) is 4.79 Å². The molecule has 2 N–H and O–H groups in total. The van der Waals surface area contributed by atoms with Crippen LogP contribution in [0.25, 0.3) is 0 Å². The summed E-state index contributed by atoms with van der Waals surface area (Å²) in [5, 5.41) is 11.5. The van der Waals surface area contributed by atoms with E-state index in [-0.39, 0.29) is 12.6 Å². The monoisotopic (exact) mass is 263 g/mol. The lowest BCUT2D eigenvalue weighted by Gasteiger charge is -2.20. The Morgan fingerprint density at radius 3 is 2.74 bits per heavy atom. The van der Waals surface area contributed by atoms with Crippen LogP contribution >= 0.6 is 0 Å². The quantitative estimate of drug-likeness (QED) is 0.847. The first-order valence-corrected chi connectivity index (χ1v) is 6.25. The van der Waals surface area contributed by atoms with E-state index in [1.165, 1.54) is 4.90 Å². The van der Waals surface area contributed by atoms with Crippen LogP contribution in [0.2, 0.25) is 0 Å². The largest absolute Gasteiger partial charge is 0.480 e. The van der Waals surface area contributed by atoms with E-state index in [2.05, 4.69) is 10.3 Å². The lowest BCUT2D eigenvalue weighted by Crippen LogP contribution is -2.40. The Hall–Kier alpha value is -2.11. The van der Waals surface area contributed by atoms with Crippen molar-refractivity contribution in [3.63, 3.8) is 0 Å². The fourth-order valence-corrected chi connectivity index (χ4v) is 1.74. The average Bonchev–Trinajstić information content (AvgIpc) is 3.14. The van der Waals surface area contributed by atoms with Crippen molar-refractivity contribution in [3.8, 4) is 0 Å². The molecule has 19 heavy (non-hydrogen) atoms. The van der Waals surface area contributed by atoms with Crippen molar-refractivity contribution in [2.75, 3.05) is 18.4 Å². The number of nitrogens with one attached hydrogen (secondary N) is 1. The van der Waals surface area contributed by atoms with Gasteiger partial charge in [-0.05, 0) is 37.8 Å². The topological polar surface area (TPSA) is 82.5 Å². The Bertz CT molecular complexity index is 469. The zero-order chi connectivity index (χ0) is 13.8. The van der Waals surface area contributed by atoms with Crippen LogP contribution in [0, 0.1) is 12.8 Å². The highest BCUT2D eigenvalue weighted by Crippen LogP contribution is 2.29. The average molecular weight is 263 g/mol. The molecule has 0 aliphatic heterocycles. The second kappa shape index (κ2) is 5.69. The van der Waals surface area contributed by atoms with Crippen LogP contribution < -0.4 is 5.32 Å². The molecule has 1 heterocycles. The highest BCUT2D eigenvalue weighted by atomic mass is 16.4. The molecule has 1 saturated carbocycles. The van der Waals surface area contributed by atoms with E-state index >= 15 is 0 Å². The molecule has 102 valence electrons. The lowest BCUT2D eigenvalue weighted by atomic mass is 10.3. The summed E-state index contributed by atoms with van der Waals surface area (Å²) in [6, 6.07) is 3.15. The third-order valence-corrected chi connectivity index (χ3v) is 2.95. The van der Waals surface area contributed by atoms with E-state index in [1.807, 2.05) is 6.92 Å². The number of carbonyl (C=O) groups is 2. The van der Waals surface area contributed by atoms with Crippen LogP contribution in [0.1, 0.15) is 18.5 Å². The summed E-state index contributed by atoms with van der Waals surface area (Å²) in [7, 11) is 0. The molecule has 0 bridgehead atoms. The number of rotatable bonds is 5. The van der Waals surface area contributed by atoms with E-state index in [0.29, 0.717) is 18.2 Å². The van der Waals surface area contributed by atoms with Gasteiger partial charge in [0, 0.05) is 12.2 Å². The maximum atomic E-state index is 12.0. The standard InChI is InChI=1S/C13H17N3O3/c1-9-2-5-11(6-14-9)15-13(19)16(8-12(17)18)7-10-3-4-10/h2,5-6,10H,3-4,7-8H2,1H3,(H,15,19)(H,17,18). The van der Waals surface area contributed by atoms with E-state index in [1.54, 1.807) is 18.3 Å². The van der Waals surface area contributed by atoms with Crippen molar-refractivity contribution in [2.45, 2.75) is 19.8 Å². The Morgan fingerprint density at radius 2 is 2.21 bits per heavy atom. The lowest BCUT2D eigenvalue weighted by molar-refractivity contribution is -0.137. The summed E-state index contributed by atoms with van der Waals surface area (Å²) >= 11 is 0. The van der Waals surface area contributed by atoms with E-state index in [9.17, 15) is 9.59 Å². The van der Waals surface area contributed by atoms with E-state index in [0.717, 1.165) is 18.5 Å². The van der Waals surface area contributed by atoms with Gasteiger partial charge in [-0.3, -0.25) is 9.78 Å². The predicted octanol–water partition coefficient (Wildman–Crippen LogP) is 1.72. The first-order chi connectivity index (χ1) is 9.04. The zero-order valence-electron chi connectivity index (χ0n) is 10.8. The van der Waals surface area contributed by atoms with Crippen molar-refractivity contribution in [1.29, 1.82) is 0 Å². The van der Waals surface area contributed by atoms with Gasteiger partial charge < -0.3 is 15.3 Å². The number of hydrogen-bond donors (Lipinski definition) is 2. The van der Waals surface area contributed by atoms with Crippen LogP contribution in [0.5, 0.6) is 0 Å². The summed E-state index contributed by atoms with van der Waals surface area (Å²) < 4.78 is 0. The Balaban J connectivity index is 1.97. The number of aliphatic carboxylic acids is 1. The molecule has 1 fully saturated rings. The van der Waals surface area contributed by atoms with E-state index < -0.39 is 5.97 Å². The first kappa shape index (κ1) is 13.3. The van der Waals surface area contributed by atoms with Gasteiger partial charge in [0.2, 0.25) is 0 Å². The molecule has 0 spiro atoms. The van der Waals surface area contributed by atoms with Crippen molar-refractivity contribution < 1.29 is 14.7 Å². The SMILES string of the molecule is Cc1ccc(NC(=O)N(CC(=O)O)CC2CC2)cn1. The summed E-state index contributed by atoms with van der Waals surface area (Å²) in [6.45, 7) is 2.08. The number of carbonyl (C=O) groups excluding carboxylic acids is 1. The molecule has 0 unspecified atom stereocenters. The van der Waals surface area contributed by atoms with Gasteiger partial charge in [0.05, 0.1) is 11.9 Å². The van der Waals surface area contributed by atoms with Crippen LogP contribution in [0.3, 0.4) is 0 Å². The van der Waals surface area contributed by atoms with Gasteiger partial charge in [-0.1, -0.05) is 0 Å². The number of carboxylic acids is 1. The number of carboxylic acid groups (broad SMARTS) is 1. The third kappa shape index (κ3) is 4.24. The van der Waals surface area contributed by atoms with Gasteiger partial charge in [-0.2, -0.15) is 0 Å². The molecule has 0 aromatic carbocycles. The summed E-state index contributed by atoms with van der Waals surface area (Å²) in [5.74, 6) is -0.556. The smallest absolute Gasteiger partial charge is 0.323 e. The Morgan fingerprint density at radius 1 is 1.47 bits per heavy atom. The predicted molar refractivity (Wildman–Crippen MR) is 69.9 cm³/mol.